The van der Waals surface area contributed by atoms with Gasteiger partial charge in [-0.25, -0.2) is 0 Å². The monoisotopic (exact) mass is 292 g/mol. The topological polar surface area (TPSA) is 13.7 Å². The quantitative estimate of drug-likeness (QED) is 0.725. The van der Waals surface area contributed by atoms with Gasteiger partial charge < -0.3 is 9.64 Å². The molecule has 1 N–H and O–H groups in total. The smallest absolute Gasteiger partial charge is 0.123 e. The van der Waals surface area contributed by atoms with E-state index in [0.717, 1.165) is 18.8 Å². The molecular weight excluding hydrogens is 258 g/mol. The van der Waals surface area contributed by atoms with Gasteiger partial charge in [-0.05, 0) is 56.2 Å². The summed E-state index contributed by atoms with van der Waals surface area (Å²) in [4.78, 5) is 1.68. The Bertz CT molecular complexity index is 416. The highest BCUT2D eigenvalue weighted by Crippen LogP contribution is 2.32. The number of benzene rings is 1. The molecule has 0 heterocycles. The molecule has 0 amide bonds. The molecular formula is C19H34NO+. The van der Waals surface area contributed by atoms with Gasteiger partial charge >= 0.3 is 0 Å². The third-order valence-corrected chi connectivity index (χ3v) is 4.13. The Morgan fingerprint density at radius 1 is 1.05 bits per heavy atom. The van der Waals surface area contributed by atoms with Gasteiger partial charge in [0, 0.05) is 0 Å². The third kappa shape index (κ3) is 6.09. The van der Waals surface area contributed by atoms with Crippen LogP contribution in [0.5, 0.6) is 5.75 Å². The number of ether oxygens (including phenoxy) is 1. The molecule has 0 aliphatic carbocycles. The maximum Gasteiger partial charge on any atom is 0.123 e. The predicted octanol–water partition coefficient (Wildman–Crippen LogP) is 3.38. The van der Waals surface area contributed by atoms with Crippen molar-refractivity contribution in [3.63, 3.8) is 0 Å². The first kappa shape index (κ1) is 18.0. The van der Waals surface area contributed by atoms with Crippen LogP contribution in [-0.2, 0) is 5.41 Å². The van der Waals surface area contributed by atoms with Crippen LogP contribution in [0.2, 0.25) is 0 Å². The van der Waals surface area contributed by atoms with Crippen molar-refractivity contribution in [1.82, 2.24) is 0 Å². The molecule has 2 heteroatoms. The van der Waals surface area contributed by atoms with E-state index in [4.69, 9.17) is 4.74 Å². The number of hydrogen-bond acceptors (Lipinski definition) is 1. The van der Waals surface area contributed by atoms with E-state index in [1.807, 2.05) is 0 Å². The minimum atomic E-state index is 0.133. The minimum Gasteiger partial charge on any atom is -0.493 e. The van der Waals surface area contributed by atoms with Gasteiger partial charge in [0.25, 0.3) is 0 Å². The highest BCUT2D eigenvalue weighted by atomic mass is 16.5. The molecule has 0 radical (unpaired) electrons. The van der Waals surface area contributed by atoms with E-state index in [2.05, 4.69) is 59.7 Å². The number of hydrogen-bond donors (Lipinski definition) is 1. The van der Waals surface area contributed by atoms with Crippen LogP contribution in [0.4, 0.5) is 0 Å². The molecule has 0 aliphatic rings. The second kappa shape index (κ2) is 8.43. The Morgan fingerprint density at radius 2 is 1.71 bits per heavy atom. The molecule has 1 rings (SSSR count). The fourth-order valence-electron chi connectivity index (χ4n) is 2.63. The van der Waals surface area contributed by atoms with Crippen molar-refractivity contribution in [2.75, 3.05) is 26.2 Å². The van der Waals surface area contributed by atoms with Crippen molar-refractivity contribution in [2.24, 2.45) is 0 Å². The van der Waals surface area contributed by atoms with Gasteiger partial charge in [0.2, 0.25) is 0 Å². The maximum atomic E-state index is 6.08. The van der Waals surface area contributed by atoms with Gasteiger partial charge in [0.15, 0.2) is 0 Å². The fraction of sp³-hybridized carbons (Fsp3) is 0.684. The van der Waals surface area contributed by atoms with E-state index < -0.39 is 0 Å². The molecule has 0 spiro atoms. The normalized spacial score (nSPS) is 12.0. The van der Waals surface area contributed by atoms with Crippen molar-refractivity contribution < 1.29 is 9.64 Å². The first-order chi connectivity index (χ1) is 9.88. The minimum absolute atomic E-state index is 0.133. The molecule has 1 aromatic rings. The fourth-order valence-corrected chi connectivity index (χ4v) is 2.63. The molecule has 120 valence electrons. The van der Waals surface area contributed by atoms with Gasteiger partial charge in [-0.1, -0.05) is 32.9 Å². The average Bonchev–Trinajstić information content (AvgIpc) is 2.41. The molecule has 0 saturated carbocycles. The van der Waals surface area contributed by atoms with Crippen LogP contribution in [0, 0.1) is 6.92 Å². The molecule has 0 unspecified atom stereocenters. The van der Waals surface area contributed by atoms with E-state index in [9.17, 15) is 0 Å². The summed E-state index contributed by atoms with van der Waals surface area (Å²) in [6.45, 7) is 17.9. The summed E-state index contributed by atoms with van der Waals surface area (Å²) in [5.41, 5.74) is 2.71. The second-order valence-electron chi connectivity index (χ2n) is 7.01. The summed E-state index contributed by atoms with van der Waals surface area (Å²) in [5.74, 6) is 1.07. The van der Waals surface area contributed by atoms with Gasteiger partial charge in [-0.3, -0.25) is 0 Å². The average molecular weight is 292 g/mol. The molecule has 21 heavy (non-hydrogen) atoms. The highest BCUT2D eigenvalue weighted by molar-refractivity contribution is 5.41. The summed E-state index contributed by atoms with van der Waals surface area (Å²) < 4.78 is 6.08. The van der Waals surface area contributed by atoms with Gasteiger partial charge in [-0.15, -0.1) is 0 Å². The number of aryl methyl sites for hydroxylation is 1. The van der Waals surface area contributed by atoms with Crippen LogP contribution in [0.1, 0.15) is 58.6 Å². The summed E-state index contributed by atoms with van der Waals surface area (Å²) in [7, 11) is 0. The summed E-state index contributed by atoms with van der Waals surface area (Å²) >= 11 is 0. The van der Waals surface area contributed by atoms with Crippen molar-refractivity contribution in [3.8, 4) is 5.75 Å². The van der Waals surface area contributed by atoms with E-state index >= 15 is 0 Å². The van der Waals surface area contributed by atoms with Crippen molar-refractivity contribution >= 4 is 0 Å². The largest absolute Gasteiger partial charge is 0.493 e. The lowest BCUT2D eigenvalue weighted by Gasteiger charge is -2.23. The molecule has 1 aromatic carbocycles. The lowest BCUT2D eigenvalue weighted by molar-refractivity contribution is -0.896. The van der Waals surface area contributed by atoms with Crippen LogP contribution in [0.15, 0.2) is 18.2 Å². The third-order valence-electron chi connectivity index (χ3n) is 4.13. The van der Waals surface area contributed by atoms with E-state index in [0.29, 0.717) is 0 Å². The molecule has 2 nitrogen and oxygen atoms in total. The van der Waals surface area contributed by atoms with E-state index in [-0.39, 0.29) is 5.41 Å². The Hall–Kier alpha value is -1.02. The number of nitrogens with one attached hydrogen (secondary N) is 1. The Balaban J connectivity index is 2.50. The van der Waals surface area contributed by atoms with Crippen molar-refractivity contribution in [3.05, 3.63) is 29.3 Å². The molecule has 0 aliphatic heterocycles. The second-order valence-corrected chi connectivity index (χ2v) is 7.01. The Kier molecular flexibility index (Phi) is 7.24. The van der Waals surface area contributed by atoms with E-state index in [1.54, 1.807) is 4.90 Å². The predicted molar refractivity (Wildman–Crippen MR) is 91.5 cm³/mol. The van der Waals surface area contributed by atoms with Gasteiger partial charge in [-0.2, -0.15) is 0 Å². The number of unbranched alkanes of at least 4 members (excludes halogenated alkanes) is 1. The molecule has 0 fully saturated rings. The van der Waals surface area contributed by atoms with E-state index in [1.165, 1.54) is 37.2 Å². The molecule has 0 atom stereocenters. The molecule has 0 saturated heterocycles. The standard InChI is InChI=1S/C19H33NO/c1-7-20(8-2)13-9-10-14-21-18-15-16(3)11-12-17(18)19(4,5)6/h11-12,15H,7-10,13-14H2,1-6H3/p+1. The number of rotatable bonds is 8. The Morgan fingerprint density at radius 3 is 2.29 bits per heavy atom. The van der Waals surface area contributed by atoms with Crippen molar-refractivity contribution in [1.29, 1.82) is 0 Å². The van der Waals surface area contributed by atoms with Crippen LogP contribution in [0.3, 0.4) is 0 Å². The molecule has 0 aromatic heterocycles. The summed E-state index contributed by atoms with van der Waals surface area (Å²) in [5, 5.41) is 0. The zero-order chi connectivity index (χ0) is 15.9. The van der Waals surface area contributed by atoms with Crippen LogP contribution in [-0.4, -0.2) is 26.2 Å². The van der Waals surface area contributed by atoms with Crippen molar-refractivity contribution in [2.45, 2.75) is 59.8 Å². The first-order valence-electron chi connectivity index (χ1n) is 8.46. The molecule has 0 bridgehead atoms. The van der Waals surface area contributed by atoms with Gasteiger partial charge in [0.05, 0.1) is 26.2 Å². The summed E-state index contributed by atoms with van der Waals surface area (Å²) in [6.07, 6.45) is 2.38. The van der Waals surface area contributed by atoms with Crippen LogP contribution >= 0.6 is 0 Å². The maximum absolute atomic E-state index is 6.08. The number of quaternary nitrogens is 1. The highest BCUT2D eigenvalue weighted by Gasteiger charge is 2.18. The van der Waals surface area contributed by atoms with Gasteiger partial charge in [0.1, 0.15) is 5.75 Å². The Labute approximate surface area is 131 Å². The van der Waals surface area contributed by atoms with Crippen LogP contribution < -0.4 is 9.64 Å². The summed E-state index contributed by atoms with van der Waals surface area (Å²) in [6, 6.07) is 6.57. The lowest BCUT2D eigenvalue weighted by atomic mass is 9.86. The lowest BCUT2D eigenvalue weighted by Crippen LogP contribution is -3.11. The first-order valence-corrected chi connectivity index (χ1v) is 8.46. The zero-order valence-corrected chi connectivity index (χ0v) is 14.9. The van der Waals surface area contributed by atoms with Crippen LogP contribution in [0.25, 0.3) is 0 Å². The SMILES string of the molecule is CC[NH+](CC)CCCCOc1cc(C)ccc1C(C)(C)C. The zero-order valence-electron chi connectivity index (χ0n) is 14.9.